The maximum atomic E-state index is 14.4. The maximum absolute atomic E-state index is 14.4. The molecule has 0 spiro atoms. The summed E-state index contributed by atoms with van der Waals surface area (Å²) in [6.45, 7) is 5.23. The summed E-state index contributed by atoms with van der Waals surface area (Å²) in [7, 11) is 0. The molecule has 0 saturated carbocycles. The maximum Gasteiger partial charge on any atom is 0.343 e. The summed E-state index contributed by atoms with van der Waals surface area (Å²) >= 11 is 0. The summed E-state index contributed by atoms with van der Waals surface area (Å²) in [5.74, 6) is -3.17. The second-order valence-corrected chi connectivity index (χ2v) is 8.13. The van der Waals surface area contributed by atoms with Crippen molar-refractivity contribution >= 4 is 5.97 Å². The van der Waals surface area contributed by atoms with Gasteiger partial charge in [0.05, 0.1) is 18.8 Å². The number of carbonyl (C=O) groups excluding carboxylic acids is 1. The Kier molecular flexibility index (Phi) is 12.3. The lowest BCUT2D eigenvalue weighted by Gasteiger charge is -2.11. The standard InChI is InChI=1S/C27H36F2O4/c1-3-5-7-9-10-12-20-32-23-17-18-24(26(29)25(23)28)33-27(30)21-13-15-22(16-14-21)31-19-11-8-6-4-2/h13-18H,3-12,19-20H2,1-2H3. The highest BCUT2D eigenvalue weighted by Gasteiger charge is 2.19. The number of ether oxygens (including phenoxy) is 3. The Morgan fingerprint density at radius 1 is 0.667 bits per heavy atom. The molecule has 0 heterocycles. The van der Waals surface area contributed by atoms with E-state index in [1.807, 2.05) is 0 Å². The van der Waals surface area contributed by atoms with Gasteiger partial charge in [0.15, 0.2) is 11.5 Å². The molecular formula is C27H36F2O4. The first-order valence-corrected chi connectivity index (χ1v) is 12.1. The van der Waals surface area contributed by atoms with Crippen LogP contribution in [-0.2, 0) is 0 Å². The van der Waals surface area contributed by atoms with Gasteiger partial charge in [0.2, 0.25) is 11.6 Å². The number of unbranched alkanes of at least 4 members (excludes halogenated alkanes) is 8. The van der Waals surface area contributed by atoms with Gasteiger partial charge < -0.3 is 14.2 Å². The van der Waals surface area contributed by atoms with Gasteiger partial charge in [-0.3, -0.25) is 0 Å². The third-order valence-electron chi connectivity index (χ3n) is 5.33. The van der Waals surface area contributed by atoms with Crippen LogP contribution in [0.2, 0.25) is 0 Å². The Bertz CT molecular complexity index is 837. The average molecular weight is 463 g/mol. The summed E-state index contributed by atoms with van der Waals surface area (Å²) < 4.78 is 44.8. The summed E-state index contributed by atoms with van der Waals surface area (Å²) in [5.41, 5.74) is 0.219. The van der Waals surface area contributed by atoms with E-state index in [2.05, 4.69) is 13.8 Å². The minimum atomic E-state index is -1.24. The SMILES string of the molecule is CCCCCCCCOc1ccc(OC(=O)c2ccc(OCCCCCC)cc2)c(F)c1F. The zero-order chi connectivity index (χ0) is 23.9. The fourth-order valence-electron chi connectivity index (χ4n) is 3.33. The largest absolute Gasteiger partial charge is 0.494 e. The van der Waals surface area contributed by atoms with Gasteiger partial charge in [-0.2, -0.15) is 8.78 Å². The predicted molar refractivity (Wildman–Crippen MR) is 126 cm³/mol. The molecular weight excluding hydrogens is 426 g/mol. The molecule has 2 rings (SSSR count). The number of esters is 1. The fraction of sp³-hybridized carbons (Fsp3) is 0.519. The summed E-state index contributed by atoms with van der Waals surface area (Å²) in [6.07, 6.45) is 10.9. The fourth-order valence-corrected chi connectivity index (χ4v) is 3.33. The molecule has 0 aliphatic heterocycles. The van der Waals surface area contributed by atoms with Gasteiger partial charge in [-0.25, -0.2) is 4.79 Å². The van der Waals surface area contributed by atoms with Crippen molar-refractivity contribution in [2.24, 2.45) is 0 Å². The van der Waals surface area contributed by atoms with Crippen molar-refractivity contribution in [1.82, 2.24) is 0 Å². The molecule has 0 bridgehead atoms. The minimum Gasteiger partial charge on any atom is -0.494 e. The Balaban J connectivity index is 1.83. The third-order valence-corrected chi connectivity index (χ3v) is 5.33. The van der Waals surface area contributed by atoms with E-state index < -0.39 is 23.4 Å². The highest BCUT2D eigenvalue weighted by molar-refractivity contribution is 5.91. The van der Waals surface area contributed by atoms with Crippen molar-refractivity contribution in [2.75, 3.05) is 13.2 Å². The van der Waals surface area contributed by atoms with Gasteiger partial charge in [0.25, 0.3) is 0 Å². The monoisotopic (exact) mass is 462 g/mol. The Hall–Kier alpha value is -2.63. The van der Waals surface area contributed by atoms with Gasteiger partial charge in [-0.1, -0.05) is 65.2 Å². The molecule has 33 heavy (non-hydrogen) atoms. The first-order valence-electron chi connectivity index (χ1n) is 12.1. The van der Waals surface area contributed by atoms with Crippen LogP contribution < -0.4 is 14.2 Å². The molecule has 4 nitrogen and oxygen atoms in total. The number of benzene rings is 2. The van der Waals surface area contributed by atoms with E-state index in [1.54, 1.807) is 12.1 Å². The van der Waals surface area contributed by atoms with Gasteiger partial charge in [-0.15, -0.1) is 0 Å². The van der Waals surface area contributed by atoms with E-state index in [-0.39, 0.29) is 11.3 Å². The number of rotatable bonds is 16. The number of hydrogen-bond donors (Lipinski definition) is 0. The van der Waals surface area contributed by atoms with E-state index in [0.717, 1.165) is 38.5 Å². The van der Waals surface area contributed by atoms with Crippen LogP contribution >= 0.6 is 0 Å². The Labute approximate surface area is 196 Å². The molecule has 0 atom stereocenters. The highest BCUT2D eigenvalue weighted by Crippen LogP contribution is 2.28. The van der Waals surface area contributed by atoms with Crippen molar-refractivity contribution in [3.8, 4) is 17.2 Å². The van der Waals surface area contributed by atoms with Crippen molar-refractivity contribution < 1.29 is 27.8 Å². The lowest BCUT2D eigenvalue weighted by molar-refractivity contribution is 0.0726. The minimum absolute atomic E-state index is 0.179. The molecule has 0 unspecified atom stereocenters. The lowest BCUT2D eigenvalue weighted by atomic mass is 10.1. The molecule has 0 radical (unpaired) electrons. The molecule has 6 heteroatoms. The van der Waals surface area contributed by atoms with Crippen LogP contribution in [0.3, 0.4) is 0 Å². The smallest absolute Gasteiger partial charge is 0.343 e. The normalized spacial score (nSPS) is 10.8. The second kappa shape index (κ2) is 15.3. The van der Waals surface area contributed by atoms with E-state index in [4.69, 9.17) is 14.2 Å². The number of carbonyl (C=O) groups is 1. The van der Waals surface area contributed by atoms with E-state index >= 15 is 0 Å². The van der Waals surface area contributed by atoms with E-state index in [0.29, 0.717) is 19.0 Å². The van der Waals surface area contributed by atoms with Crippen LogP contribution in [0.5, 0.6) is 17.2 Å². The van der Waals surface area contributed by atoms with Crippen molar-refractivity contribution in [1.29, 1.82) is 0 Å². The lowest BCUT2D eigenvalue weighted by Crippen LogP contribution is -2.10. The summed E-state index contributed by atoms with van der Waals surface area (Å²) in [5, 5.41) is 0. The molecule has 2 aromatic rings. The van der Waals surface area contributed by atoms with Crippen molar-refractivity contribution in [3.63, 3.8) is 0 Å². The van der Waals surface area contributed by atoms with Gasteiger partial charge in [0, 0.05) is 0 Å². The van der Waals surface area contributed by atoms with Crippen molar-refractivity contribution in [2.45, 2.75) is 78.1 Å². The zero-order valence-corrected chi connectivity index (χ0v) is 19.8. The van der Waals surface area contributed by atoms with Crippen LogP contribution in [0.25, 0.3) is 0 Å². The number of hydrogen-bond acceptors (Lipinski definition) is 4. The van der Waals surface area contributed by atoms with Gasteiger partial charge in [0.1, 0.15) is 5.75 Å². The molecule has 0 N–H and O–H groups in total. The van der Waals surface area contributed by atoms with Gasteiger partial charge >= 0.3 is 5.97 Å². The molecule has 0 aromatic heterocycles. The molecule has 0 amide bonds. The van der Waals surface area contributed by atoms with E-state index in [1.165, 1.54) is 49.9 Å². The van der Waals surface area contributed by atoms with Crippen molar-refractivity contribution in [3.05, 3.63) is 53.6 Å². The Morgan fingerprint density at radius 2 is 1.18 bits per heavy atom. The van der Waals surface area contributed by atoms with Crippen LogP contribution in [0, 0.1) is 11.6 Å². The molecule has 0 saturated heterocycles. The number of halogens is 2. The summed E-state index contributed by atoms with van der Waals surface area (Å²) in [4.78, 5) is 12.3. The predicted octanol–water partition coefficient (Wildman–Crippen LogP) is 7.88. The first-order chi connectivity index (χ1) is 16.1. The molecule has 0 fully saturated rings. The Morgan fingerprint density at radius 3 is 1.85 bits per heavy atom. The van der Waals surface area contributed by atoms with Crippen LogP contribution in [-0.4, -0.2) is 19.2 Å². The first kappa shape index (κ1) is 26.6. The highest BCUT2D eigenvalue weighted by atomic mass is 19.2. The third kappa shape index (κ3) is 9.40. The van der Waals surface area contributed by atoms with Crippen LogP contribution in [0.1, 0.15) is 88.4 Å². The topological polar surface area (TPSA) is 44.8 Å². The average Bonchev–Trinajstić information content (AvgIpc) is 2.83. The molecule has 182 valence electrons. The van der Waals surface area contributed by atoms with Crippen LogP contribution in [0.4, 0.5) is 8.78 Å². The molecule has 0 aliphatic carbocycles. The van der Waals surface area contributed by atoms with Gasteiger partial charge in [-0.05, 0) is 49.2 Å². The van der Waals surface area contributed by atoms with E-state index in [9.17, 15) is 13.6 Å². The quantitative estimate of drug-likeness (QED) is 0.145. The molecule has 0 aliphatic rings. The second-order valence-electron chi connectivity index (χ2n) is 8.13. The molecule has 2 aromatic carbocycles. The van der Waals surface area contributed by atoms with Crippen LogP contribution in [0.15, 0.2) is 36.4 Å². The summed E-state index contributed by atoms with van der Waals surface area (Å²) in [6, 6.07) is 8.89. The zero-order valence-electron chi connectivity index (χ0n) is 19.8.